The van der Waals surface area contributed by atoms with Crippen molar-refractivity contribution >= 4 is 5.91 Å². The van der Waals surface area contributed by atoms with Gasteiger partial charge in [0.2, 0.25) is 5.91 Å². The fourth-order valence-electron chi connectivity index (χ4n) is 1.70. The van der Waals surface area contributed by atoms with Gasteiger partial charge in [-0.2, -0.15) is 5.26 Å². The summed E-state index contributed by atoms with van der Waals surface area (Å²) in [5.74, 6) is -0.151. The molecule has 16 heavy (non-hydrogen) atoms. The third-order valence-corrected chi connectivity index (χ3v) is 2.67. The van der Waals surface area contributed by atoms with E-state index in [0.29, 0.717) is 13.0 Å². The van der Waals surface area contributed by atoms with Crippen LogP contribution in [0.15, 0.2) is 0 Å². The van der Waals surface area contributed by atoms with Gasteiger partial charge < -0.3 is 15.4 Å². The highest BCUT2D eigenvalue weighted by molar-refractivity contribution is 5.77. The number of nitrogens with one attached hydrogen (secondary N) is 2. The molecule has 1 amide bonds. The fourth-order valence-corrected chi connectivity index (χ4v) is 1.70. The molecular formula is C11H19N3O2. The molecule has 1 aliphatic heterocycles. The SMILES string of the molecule is CC1(OCC(=O)NCCC#N)CCCNC1. The van der Waals surface area contributed by atoms with Gasteiger partial charge >= 0.3 is 0 Å². The highest BCUT2D eigenvalue weighted by Gasteiger charge is 2.27. The molecule has 1 heterocycles. The highest BCUT2D eigenvalue weighted by Crippen LogP contribution is 2.19. The predicted molar refractivity (Wildman–Crippen MR) is 59.7 cm³/mol. The van der Waals surface area contributed by atoms with Crippen LogP contribution in [0.3, 0.4) is 0 Å². The average Bonchev–Trinajstić information content (AvgIpc) is 2.28. The zero-order valence-electron chi connectivity index (χ0n) is 9.71. The number of amides is 1. The molecule has 1 saturated heterocycles. The first kappa shape index (κ1) is 12.9. The largest absolute Gasteiger partial charge is 0.364 e. The van der Waals surface area contributed by atoms with E-state index in [2.05, 4.69) is 10.6 Å². The monoisotopic (exact) mass is 225 g/mol. The Kier molecular flexibility index (Phi) is 5.23. The Morgan fingerprint density at radius 2 is 2.50 bits per heavy atom. The van der Waals surface area contributed by atoms with Crippen LogP contribution in [-0.2, 0) is 9.53 Å². The summed E-state index contributed by atoms with van der Waals surface area (Å²) in [5, 5.41) is 14.2. The average molecular weight is 225 g/mol. The molecule has 0 aromatic rings. The van der Waals surface area contributed by atoms with Crippen molar-refractivity contribution in [2.24, 2.45) is 0 Å². The van der Waals surface area contributed by atoms with Gasteiger partial charge in [0.15, 0.2) is 0 Å². The molecule has 1 atom stereocenters. The lowest BCUT2D eigenvalue weighted by molar-refractivity contribution is -0.133. The number of hydrogen-bond donors (Lipinski definition) is 2. The first-order chi connectivity index (χ1) is 7.66. The molecule has 0 saturated carbocycles. The number of hydrogen-bond acceptors (Lipinski definition) is 4. The van der Waals surface area contributed by atoms with Crippen LogP contribution in [0.1, 0.15) is 26.2 Å². The minimum atomic E-state index is -0.231. The molecule has 0 radical (unpaired) electrons. The molecule has 0 bridgehead atoms. The second kappa shape index (κ2) is 6.46. The van der Waals surface area contributed by atoms with E-state index in [1.165, 1.54) is 0 Å². The van der Waals surface area contributed by atoms with Crippen molar-refractivity contribution in [3.8, 4) is 6.07 Å². The molecule has 0 aliphatic carbocycles. The van der Waals surface area contributed by atoms with E-state index in [-0.39, 0.29) is 18.1 Å². The summed E-state index contributed by atoms with van der Waals surface area (Å²) in [5.41, 5.74) is -0.231. The van der Waals surface area contributed by atoms with Crippen LogP contribution in [0.2, 0.25) is 0 Å². The quantitative estimate of drug-likeness (QED) is 0.654. The van der Waals surface area contributed by atoms with Crippen LogP contribution in [0.4, 0.5) is 0 Å². The summed E-state index contributed by atoms with van der Waals surface area (Å²) in [6, 6.07) is 1.97. The third kappa shape index (κ3) is 4.60. The molecule has 5 heteroatoms. The van der Waals surface area contributed by atoms with Crippen molar-refractivity contribution in [1.29, 1.82) is 5.26 Å². The maximum atomic E-state index is 11.3. The van der Waals surface area contributed by atoms with Crippen molar-refractivity contribution in [1.82, 2.24) is 10.6 Å². The summed E-state index contributed by atoms with van der Waals surface area (Å²) >= 11 is 0. The maximum absolute atomic E-state index is 11.3. The van der Waals surface area contributed by atoms with Gasteiger partial charge in [-0.25, -0.2) is 0 Å². The van der Waals surface area contributed by atoms with Crippen molar-refractivity contribution < 1.29 is 9.53 Å². The molecule has 90 valence electrons. The summed E-state index contributed by atoms with van der Waals surface area (Å²) in [6.07, 6.45) is 2.39. The molecule has 0 aromatic heterocycles. The van der Waals surface area contributed by atoms with Crippen LogP contribution < -0.4 is 10.6 Å². The molecule has 1 unspecified atom stereocenters. The number of rotatable bonds is 5. The molecular weight excluding hydrogens is 206 g/mol. The van der Waals surface area contributed by atoms with Crippen LogP contribution in [0.5, 0.6) is 0 Å². The number of carbonyl (C=O) groups excluding carboxylic acids is 1. The van der Waals surface area contributed by atoms with E-state index in [0.717, 1.165) is 25.9 Å². The number of nitrogens with zero attached hydrogens (tertiary/aromatic N) is 1. The molecule has 5 nitrogen and oxygen atoms in total. The van der Waals surface area contributed by atoms with Gasteiger partial charge in [-0.3, -0.25) is 4.79 Å². The Hall–Kier alpha value is -1.12. The Labute approximate surface area is 96.2 Å². The lowest BCUT2D eigenvalue weighted by Crippen LogP contribution is -2.47. The topological polar surface area (TPSA) is 74.1 Å². The zero-order valence-corrected chi connectivity index (χ0v) is 9.71. The van der Waals surface area contributed by atoms with Gasteiger partial charge in [0.1, 0.15) is 6.61 Å². The van der Waals surface area contributed by atoms with Crippen molar-refractivity contribution in [2.45, 2.75) is 31.8 Å². The fraction of sp³-hybridized carbons (Fsp3) is 0.818. The smallest absolute Gasteiger partial charge is 0.246 e. The number of carbonyl (C=O) groups is 1. The van der Waals surface area contributed by atoms with E-state index in [1.54, 1.807) is 0 Å². The van der Waals surface area contributed by atoms with Crippen LogP contribution in [-0.4, -0.2) is 37.7 Å². The van der Waals surface area contributed by atoms with Crippen LogP contribution in [0.25, 0.3) is 0 Å². The molecule has 0 aromatic carbocycles. The van der Waals surface area contributed by atoms with Crippen LogP contribution in [0, 0.1) is 11.3 Å². The summed E-state index contributed by atoms with van der Waals surface area (Å²) < 4.78 is 5.61. The number of nitriles is 1. The molecule has 1 rings (SSSR count). The second-order valence-corrected chi connectivity index (χ2v) is 4.28. The van der Waals surface area contributed by atoms with Crippen molar-refractivity contribution in [3.05, 3.63) is 0 Å². The van der Waals surface area contributed by atoms with Gasteiger partial charge in [0.25, 0.3) is 0 Å². The summed E-state index contributed by atoms with van der Waals surface area (Å²) in [4.78, 5) is 11.3. The minimum Gasteiger partial charge on any atom is -0.364 e. The van der Waals surface area contributed by atoms with Gasteiger partial charge in [0.05, 0.1) is 18.1 Å². The lowest BCUT2D eigenvalue weighted by atomic mass is 9.96. The minimum absolute atomic E-state index is 0.0730. The number of piperidine rings is 1. The molecule has 2 N–H and O–H groups in total. The summed E-state index contributed by atoms with van der Waals surface area (Å²) in [6.45, 7) is 4.30. The van der Waals surface area contributed by atoms with E-state index in [1.807, 2.05) is 13.0 Å². The van der Waals surface area contributed by atoms with Gasteiger partial charge in [-0.1, -0.05) is 0 Å². The normalized spacial score (nSPS) is 24.8. The zero-order chi connectivity index (χ0) is 11.9. The Bertz CT molecular complexity index is 267. The first-order valence-corrected chi connectivity index (χ1v) is 5.65. The standard InChI is InChI=1S/C11H19N3O2/c1-11(4-2-6-13-9-11)16-8-10(15)14-7-3-5-12/h13H,2-4,6-9H2,1H3,(H,14,15). The highest BCUT2D eigenvalue weighted by atomic mass is 16.5. The van der Waals surface area contributed by atoms with E-state index < -0.39 is 0 Å². The second-order valence-electron chi connectivity index (χ2n) is 4.28. The Morgan fingerprint density at radius 3 is 3.12 bits per heavy atom. The summed E-state index contributed by atoms with van der Waals surface area (Å²) in [7, 11) is 0. The molecule has 1 fully saturated rings. The third-order valence-electron chi connectivity index (χ3n) is 2.67. The lowest BCUT2D eigenvalue weighted by Gasteiger charge is -2.33. The Balaban J connectivity index is 2.17. The van der Waals surface area contributed by atoms with Gasteiger partial charge in [-0.15, -0.1) is 0 Å². The van der Waals surface area contributed by atoms with E-state index >= 15 is 0 Å². The first-order valence-electron chi connectivity index (χ1n) is 5.65. The van der Waals surface area contributed by atoms with Gasteiger partial charge in [0, 0.05) is 13.1 Å². The van der Waals surface area contributed by atoms with E-state index in [9.17, 15) is 4.79 Å². The van der Waals surface area contributed by atoms with Crippen molar-refractivity contribution in [3.63, 3.8) is 0 Å². The number of ether oxygens (including phenoxy) is 1. The van der Waals surface area contributed by atoms with Crippen molar-refractivity contribution in [2.75, 3.05) is 26.2 Å². The maximum Gasteiger partial charge on any atom is 0.246 e. The van der Waals surface area contributed by atoms with Gasteiger partial charge in [-0.05, 0) is 26.3 Å². The van der Waals surface area contributed by atoms with E-state index in [4.69, 9.17) is 10.00 Å². The molecule has 1 aliphatic rings. The Morgan fingerprint density at radius 1 is 1.69 bits per heavy atom. The van der Waals surface area contributed by atoms with Crippen LogP contribution >= 0.6 is 0 Å². The predicted octanol–water partition coefficient (Wildman–Crippen LogP) is 0.175. The molecule has 0 spiro atoms.